The van der Waals surface area contributed by atoms with Crippen LogP contribution < -0.4 is 4.90 Å². The van der Waals surface area contributed by atoms with Crippen LogP contribution in [0.25, 0.3) is 0 Å². The third-order valence-corrected chi connectivity index (χ3v) is 6.73. The van der Waals surface area contributed by atoms with Crippen LogP contribution >= 0.6 is 0 Å². The van der Waals surface area contributed by atoms with Gasteiger partial charge in [0.15, 0.2) is 0 Å². The molecule has 1 spiro atoms. The molecule has 0 radical (unpaired) electrons. The monoisotopic (exact) mass is 422 g/mol. The number of ether oxygens (including phenoxy) is 2. The van der Waals surface area contributed by atoms with Crippen LogP contribution in [-0.4, -0.2) is 72.4 Å². The number of carbonyl (C=O) groups is 1. The molecule has 7 nitrogen and oxygen atoms in total. The number of piperidine rings is 1. The van der Waals surface area contributed by atoms with Crippen molar-refractivity contribution in [3.8, 4) is 0 Å². The van der Waals surface area contributed by atoms with Crippen LogP contribution in [0.5, 0.6) is 0 Å². The van der Waals surface area contributed by atoms with Crippen molar-refractivity contribution >= 4 is 11.6 Å². The van der Waals surface area contributed by atoms with Crippen LogP contribution in [0.4, 0.5) is 5.69 Å². The van der Waals surface area contributed by atoms with Crippen molar-refractivity contribution < 1.29 is 14.3 Å². The minimum atomic E-state index is -0.207. The van der Waals surface area contributed by atoms with Crippen molar-refractivity contribution in [2.45, 2.75) is 37.8 Å². The Morgan fingerprint density at radius 1 is 1.10 bits per heavy atom. The Balaban J connectivity index is 1.20. The van der Waals surface area contributed by atoms with Crippen molar-refractivity contribution in [1.29, 1.82) is 0 Å². The molecule has 5 rings (SSSR count). The average Bonchev–Trinajstić information content (AvgIpc) is 3.15. The van der Waals surface area contributed by atoms with Gasteiger partial charge in [0.1, 0.15) is 6.23 Å². The number of anilines is 1. The highest BCUT2D eigenvalue weighted by Gasteiger charge is 2.50. The Morgan fingerprint density at radius 3 is 2.52 bits per heavy atom. The number of fused-ring (bicyclic) bond motifs is 1. The van der Waals surface area contributed by atoms with Gasteiger partial charge in [-0.25, -0.2) is 0 Å². The lowest BCUT2D eigenvalue weighted by atomic mass is 9.91. The second-order valence-electron chi connectivity index (χ2n) is 8.89. The molecule has 2 aromatic rings. The van der Waals surface area contributed by atoms with E-state index < -0.39 is 0 Å². The maximum absolute atomic E-state index is 12.9. The second-order valence-corrected chi connectivity index (χ2v) is 8.89. The highest BCUT2D eigenvalue weighted by molar-refractivity contribution is 5.79. The molecule has 1 atom stereocenters. The number of carbonyl (C=O) groups excluding carboxylic acids is 1. The van der Waals surface area contributed by atoms with Crippen molar-refractivity contribution in [2.75, 3.05) is 44.7 Å². The number of nitrogens with zero attached hydrogens (tertiary/aromatic N) is 4. The Kier molecular flexibility index (Phi) is 5.65. The summed E-state index contributed by atoms with van der Waals surface area (Å²) < 4.78 is 11.8. The fourth-order valence-electron chi connectivity index (χ4n) is 5.04. The summed E-state index contributed by atoms with van der Waals surface area (Å²) in [6.07, 6.45) is 5.42. The van der Waals surface area contributed by atoms with Crippen molar-refractivity contribution in [2.24, 2.45) is 0 Å². The SMILES string of the molecule is COCc1ccc(CN2CC(=O)N3CC4(CCN(c5ccncc5)CC4)OC3C2)cc1. The molecule has 1 aromatic heterocycles. The van der Waals surface area contributed by atoms with Crippen LogP contribution in [0.3, 0.4) is 0 Å². The van der Waals surface area contributed by atoms with Crippen LogP contribution in [0, 0.1) is 0 Å². The highest BCUT2D eigenvalue weighted by atomic mass is 16.5. The molecule has 1 amide bonds. The molecule has 1 unspecified atom stereocenters. The molecule has 0 saturated carbocycles. The molecule has 0 bridgehead atoms. The van der Waals surface area contributed by atoms with E-state index in [0.717, 1.165) is 51.1 Å². The first-order chi connectivity index (χ1) is 15.1. The Labute approximate surface area is 183 Å². The van der Waals surface area contributed by atoms with E-state index in [1.165, 1.54) is 11.3 Å². The lowest BCUT2D eigenvalue weighted by Crippen LogP contribution is -2.53. The average molecular weight is 423 g/mol. The first kappa shape index (κ1) is 20.4. The number of pyridine rings is 1. The molecule has 3 saturated heterocycles. The van der Waals surface area contributed by atoms with Crippen LogP contribution in [0.2, 0.25) is 0 Å². The van der Waals surface area contributed by atoms with E-state index in [0.29, 0.717) is 13.2 Å². The smallest absolute Gasteiger partial charge is 0.238 e. The van der Waals surface area contributed by atoms with Gasteiger partial charge in [0.2, 0.25) is 5.91 Å². The summed E-state index contributed by atoms with van der Waals surface area (Å²) in [6, 6.07) is 12.5. The molecule has 7 heteroatoms. The molecular formula is C24H30N4O3. The van der Waals surface area contributed by atoms with E-state index in [2.05, 4.69) is 51.2 Å². The number of amides is 1. The number of methoxy groups -OCH3 is 1. The molecule has 4 heterocycles. The lowest BCUT2D eigenvalue weighted by Gasteiger charge is -2.39. The number of hydrogen-bond donors (Lipinski definition) is 0. The van der Waals surface area contributed by atoms with Gasteiger partial charge in [-0.15, -0.1) is 0 Å². The Hall–Kier alpha value is -2.48. The van der Waals surface area contributed by atoms with Crippen molar-refractivity contribution in [3.05, 3.63) is 59.9 Å². The van der Waals surface area contributed by atoms with Crippen LogP contribution in [-0.2, 0) is 27.4 Å². The highest BCUT2D eigenvalue weighted by Crippen LogP contribution is 2.38. The quantitative estimate of drug-likeness (QED) is 0.737. The van der Waals surface area contributed by atoms with E-state index in [4.69, 9.17) is 9.47 Å². The predicted molar refractivity (Wildman–Crippen MR) is 117 cm³/mol. The van der Waals surface area contributed by atoms with Crippen molar-refractivity contribution in [3.63, 3.8) is 0 Å². The zero-order chi connectivity index (χ0) is 21.3. The lowest BCUT2D eigenvalue weighted by molar-refractivity contribution is -0.149. The van der Waals surface area contributed by atoms with Gasteiger partial charge < -0.3 is 19.3 Å². The molecule has 1 aromatic carbocycles. The molecule has 0 aliphatic carbocycles. The van der Waals surface area contributed by atoms with E-state index in [-0.39, 0.29) is 17.7 Å². The fraction of sp³-hybridized carbons (Fsp3) is 0.500. The summed E-state index contributed by atoms with van der Waals surface area (Å²) in [5.74, 6) is 0.181. The third kappa shape index (κ3) is 4.31. The normalized spacial score (nSPS) is 23.4. The van der Waals surface area contributed by atoms with Gasteiger partial charge in [0, 0.05) is 51.4 Å². The van der Waals surface area contributed by atoms with E-state index in [1.807, 2.05) is 17.3 Å². The van der Waals surface area contributed by atoms with Gasteiger partial charge in [-0.2, -0.15) is 0 Å². The molecule has 164 valence electrons. The summed E-state index contributed by atoms with van der Waals surface area (Å²) in [5, 5.41) is 0. The summed E-state index contributed by atoms with van der Waals surface area (Å²) in [4.78, 5) is 23.6. The first-order valence-electron chi connectivity index (χ1n) is 11.1. The number of benzene rings is 1. The molecule has 0 N–H and O–H groups in total. The Bertz CT molecular complexity index is 897. The zero-order valence-electron chi connectivity index (χ0n) is 18.1. The minimum absolute atomic E-state index is 0.138. The molecular weight excluding hydrogens is 392 g/mol. The molecule has 31 heavy (non-hydrogen) atoms. The van der Waals surface area contributed by atoms with Crippen molar-refractivity contribution in [1.82, 2.24) is 14.8 Å². The summed E-state index contributed by atoms with van der Waals surface area (Å²) in [5.41, 5.74) is 3.37. The summed E-state index contributed by atoms with van der Waals surface area (Å²) in [7, 11) is 1.70. The van der Waals surface area contributed by atoms with Gasteiger partial charge in [-0.05, 0) is 36.1 Å². The van der Waals surface area contributed by atoms with Gasteiger partial charge >= 0.3 is 0 Å². The maximum Gasteiger partial charge on any atom is 0.238 e. The number of hydrogen-bond acceptors (Lipinski definition) is 6. The summed E-state index contributed by atoms with van der Waals surface area (Å²) >= 11 is 0. The van der Waals surface area contributed by atoms with E-state index >= 15 is 0 Å². The second kappa shape index (κ2) is 8.57. The fourth-order valence-corrected chi connectivity index (χ4v) is 5.04. The van der Waals surface area contributed by atoms with Crippen LogP contribution in [0.15, 0.2) is 48.8 Å². The molecule has 3 aliphatic rings. The molecule has 3 fully saturated rings. The first-order valence-corrected chi connectivity index (χ1v) is 11.1. The van der Waals surface area contributed by atoms with Gasteiger partial charge in [-0.3, -0.25) is 14.7 Å². The Morgan fingerprint density at radius 2 is 1.81 bits per heavy atom. The number of aromatic nitrogens is 1. The maximum atomic E-state index is 12.9. The zero-order valence-corrected chi connectivity index (χ0v) is 18.1. The van der Waals surface area contributed by atoms with Gasteiger partial charge in [0.05, 0.1) is 25.3 Å². The summed E-state index contributed by atoms with van der Waals surface area (Å²) in [6.45, 7) is 5.21. The standard InChI is InChI=1S/C24H30N4O3/c1-30-17-20-4-2-19(3-5-20)14-26-15-22(29)28-18-24(31-23(28)16-26)8-12-27(13-9-24)21-6-10-25-11-7-21/h2-7,10-11,23H,8-9,12-18H2,1H3. The predicted octanol–water partition coefficient (Wildman–Crippen LogP) is 2.27. The van der Waals surface area contributed by atoms with Gasteiger partial charge in [0.25, 0.3) is 0 Å². The number of rotatable bonds is 5. The largest absolute Gasteiger partial charge is 0.380 e. The minimum Gasteiger partial charge on any atom is -0.380 e. The third-order valence-electron chi connectivity index (χ3n) is 6.73. The topological polar surface area (TPSA) is 58.1 Å². The van der Waals surface area contributed by atoms with E-state index in [9.17, 15) is 4.79 Å². The van der Waals surface area contributed by atoms with Gasteiger partial charge in [-0.1, -0.05) is 24.3 Å². The molecule has 3 aliphatic heterocycles. The number of piperazine rings is 1. The van der Waals surface area contributed by atoms with E-state index in [1.54, 1.807) is 7.11 Å². The van der Waals surface area contributed by atoms with Crippen LogP contribution in [0.1, 0.15) is 24.0 Å².